The summed E-state index contributed by atoms with van der Waals surface area (Å²) in [5, 5.41) is 9.36. The van der Waals surface area contributed by atoms with Gasteiger partial charge in [0.1, 0.15) is 5.82 Å². The zero-order valence-corrected chi connectivity index (χ0v) is 16.4. The lowest BCUT2D eigenvalue weighted by Gasteiger charge is -2.19. The minimum absolute atomic E-state index is 0.0927. The van der Waals surface area contributed by atoms with Gasteiger partial charge < -0.3 is 16.0 Å². The number of amides is 1. The molecular formula is C22H27FN4O. The highest BCUT2D eigenvalue weighted by Gasteiger charge is 2.45. The summed E-state index contributed by atoms with van der Waals surface area (Å²) in [5.41, 5.74) is 2.33. The van der Waals surface area contributed by atoms with E-state index in [0.717, 1.165) is 24.0 Å². The third-order valence-corrected chi connectivity index (χ3v) is 5.10. The molecule has 2 aromatic carbocycles. The van der Waals surface area contributed by atoms with Gasteiger partial charge in [0.2, 0.25) is 0 Å². The molecule has 6 heteroatoms. The van der Waals surface area contributed by atoms with E-state index in [2.05, 4.69) is 20.9 Å². The van der Waals surface area contributed by atoms with Crippen molar-refractivity contribution in [2.24, 2.45) is 4.99 Å². The van der Waals surface area contributed by atoms with Crippen molar-refractivity contribution in [1.82, 2.24) is 16.0 Å². The highest BCUT2D eigenvalue weighted by molar-refractivity contribution is 5.94. The Balaban J connectivity index is 1.43. The Hall–Kier alpha value is -2.89. The van der Waals surface area contributed by atoms with Crippen LogP contribution in [-0.2, 0) is 5.41 Å². The number of guanidine groups is 1. The Morgan fingerprint density at radius 2 is 1.82 bits per heavy atom. The highest BCUT2D eigenvalue weighted by atomic mass is 19.1. The summed E-state index contributed by atoms with van der Waals surface area (Å²) in [4.78, 5) is 16.4. The Bertz CT molecular complexity index is 861. The molecule has 1 aliphatic carbocycles. The number of aliphatic imine (C=N–C) groups is 1. The Morgan fingerprint density at radius 3 is 2.50 bits per heavy atom. The molecular weight excluding hydrogens is 355 g/mol. The molecule has 1 saturated carbocycles. The predicted octanol–water partition coefficient (Wildman–Crippen LogP) is 2.76. The number of nitrogens with one attached hydrogen (secondary N) is 3. The van der Waals surface area contributed by atoms with Crippen LogP contribution < -0.4 is 16.0 Å². The number of aryl methyl sites for hydroxylation is 1. The summed E-state index contributed by atoms with van der Waals surface area (Å²) in [6, 6.07) is 14.5. The fourth-order valence-corrected chi connectivity index (χ4v) is 3.30. The van der Waals surface area contributed by atoms with Crippen LogP contribution in [0.3, 0.4) is 0 Å². The van der Waals surface area contributed by atoms with Gasteiger partial charge in [0, 0.05) is 37.7 Å². The molecule has 0 atom stereocenters. The fraction of sp³-hybridized carbons (Fsp3) is 0.364. The molecule has 0 unspecified atom stereocenters. The van der Waals surface area contributed by atoms with Gasteiger partial charge in [-0.15, -0.1) is 0 Å². The molecule has 5 nitrogen and oxygen atoms in total. The van der Waals surface area contributed by atoms with E-state index in [1.54, 1.807) is 19.2 Å². The SMILES string of the molecule is CN=C(NCCNC(=O)c1cccc(C)c1)NCC1(c2ccccc2F)CC1. The van der Waals surface area contributed by atoms with Crippen molar-refractivity contribution in [2.75, 3.05) is 26.7 Å². The van der Waals surface area contributed by atoms with Gasteiger partial charge in [0.05, 0.1) is 0 Å². The average molecular weight is 382 g/mol. The van der Waals surface area contributed by atoms with Crippen LogP contribution in [0.5, 0.6) is 0 Å². The van der Waals surface area contributed by atoms with E-state index in [1.165, 1.54) is 6.07 Å². The van der Waals surface area contributed by atoms with E-state index in [9.17, 15) is 9.18 Å². The van der Waals surface area contributed by atoms with Crippen molar-refractivity contribution < 1.29 is 9.18 Å². The van der Waals surface area contributed by atoms with Gasteiger partial charge in [-0.25, -0.2) is 4.39 Å². The molecule has 3 rings (SSSR count). The van der Waals surface area contributed by atoms with Gasteiger partial charge >= 0.3 is 0 Å². The number of halogens is 1. The zero-order chi connectivity index (χ0) is 20.0. The number of carbonyl (C=O) groups is 1. The summed E-state index contributed by atoms with van der Waals surface area (Å²) in [6.07, 6.45) is 1.93. The van der Waals surface area contributed by atoms with Crippen molar-refractivity contribution in [3.05, 3.63) is 71.0 Å². The molecule has 1 amide bonds. The van der Waals surface area contributed by atoms with Crippen LogP contribution in [0.1, 0.15) is 34.3 Å². The lowest BCUT2D eigenvalue weighted by atomic mass is 9.95. The third-order valence-electron chi connectivity index (χ3n) is 5.10. The monoisotopic (exact) mass is 382 g/mol. The van der Waals surface area contributed by atoms with Crippen LogP contribution in [0.25, 0.3) is 0 Å². The van der Waals surface area contributed by atoms with Crippen LogP contribution in [0.2, 0.25) is 0 Å². The number of rotatable bonds is 7. The lowest BCUT2D eigenvalue weighted by molar-refractivity contribution is 0.0954. The number of hydrogen-bond donors (Lipinski definition) is 3. The van der Waals surface area contributed by atoms with Crippen molar-refractivity contribution in [3.8, 4) is 0 Å². The molecule has 148 valence electrons. The first-order valence-corrected chi connectivity index (χ1v) is 9.58. The molecule has 0 bridgehead atoms. The molecule has 3 N–H and O–H groups in total. The largest absolute Gasteiger partial charge is 0.356 e. The molecule has 0 aromatic heterocycles. The van der Waals surface area contributed by atoms with Crippen LogP contribution in [-0.4, -0.2) is 38.5 Å². The van der Waals surface area contributed by atoms with Crippen molar-refractivity contribution in [3.63, 3.8) is 0 Å². The fourth-order valence-electron chi connectivity index (χ4n) is 3.30. The van der Waals surface area contributed by atoms with E-state index < -0.39 is 0 Å². The normalized spacial score (nSPS) is 15.0. The number of nitrogens with zero attached hydrogens (tertiary/aromatic N) is 1. The van der Waals surface area contributed by atoms with E-state index >= 15 is 0 Å². The number of carbonyl (C=O) groups excluding carboxylic acids is 1. The van der Waals surface area contributed by atoms with Crippen LogP contribution >= 0.6 is 0 Å². The van der Waals surface area contributed by atoms with E-state index in [-0.39, 0.29) is 17.1 Å². The molecule has 2 aromatic rings. The van der Waals surface area contributed by atoms with Crippen molar-refractivity contribution >= 4 is 11.9 Å². The van der Waals surface area contributed by atoms with Crippen molar-refractivity contribution in [1.29, 1.82) is 0 Å². The molecule has 28 heavy (non-hydrogen) atoms. The first kappa shape index (κ1) is 19.9. The molecule has 0 heterocycles. The summed E-state index contributed by atoms with van der Waals surface area (Å²) in [7, 11) is 1.70. The average Bonchev–Trinajstić information content (AvgIpc) is 3.48. The predicted molar refractivity (Wildman–Crippen MR) is 110 cm³/mol. The van der Waals surface area contributed by atoms with Gasteiger partial charge in [-0.2, -0.15) is 0 Å². The molecule has 0 radical (unpaired) electrons. The minimum atomic E-state index is -0.150. The number of hydrogen-bond acceptors (Lipinski definition) is 2. The van der Waals surface area contributed by atoms with E-state index in [1.807, 2.05) is 37.3 Å². The summed E-state index contributed by atoms with van der Waals surface area (Å²) in [5.74, 6) is 0.404. The smallest absolute Gasteiger partial charge is 0.251 e. The lowest BCUT2D eigenvalue weighted by Crippen LogP contribution is -2.44. The van der Waals surface area contributed by atoms with Gasteiger partial charge in [0.25, 0.3) is 5.91 Å². The van der Waals surface area contributed by atoms with Crippen molar-refractivity contribution in [2.45, 2.75) is 25.2 Å². The first-order chi connectivity index (χ1) is 13.5. The number of benzene rings is 2. The molecule has 0 aliphatic heterocycles. The van der Waals surface area contributed by atoms with Gasteiger partial charge in [-0.05, 0) is 43.5 Å². The van der Waals surface area contributed by atoms with Crippen LogP contribution in [0.15, 0.2) is 53.5 Å². The molecule has 0 saturated heterocycles. The summed E-state index contributed by atoms with van der Waals surface area (Å²) >= 11 is 0. The maximum Gasteiger partial charge on any atom is 0.251 e. The van der Waals surface area contributed by atoms with Gasteiger partial charge in [-0.3, -0.25) is 9.79 Å². The molecule has 0 spiro atoms. The van der Waals surface area contributed by atoms with Gasteiger partial charge in [-0.1, -0.05) is 35.9 Å². The van der Waals surface area contributed by atoms with Crippen LogP contribution in [0.4, 0.5) is 4.39 Å². The molecule has 1 aliphatic rings. The second-order valence-corrected chi connectivity index (χ2v) is 7.24. The standard InChI is InChI=1S/C22H27FN4O/c1-16-6-5-7-17(14-16)20(28)25-12-13-26-21(24-2)27-15-22(10-11-22)18-8-3-4-9-19(18)23/h3-9,14H,10-13,15H2,1-2H3,(H,25,28)(H2,24,26,27). The third kappa shape index (κ3) is 4.88. The second kappa shape index (κ2) is 8.87. The van der Waals surface area contributed by atoms with E-state index in [0.29, 0.717) is 31.2 Å². The summed E-state index contributed by atoms with van der Waals surface area (Å²) in [6.45, 7) is 3.61. The maximum atomic E-state index is 14.1. The van der Waals surface area contributed by atoms with E-state index in [4.69, 9.17) is 0 Å². The summed E-state index contributed by atoms with van der Waals surface area (Å²) < 4.78 is 14.1. The first-order valence-electron chi connectivity index (χ1n) is 9.58. The maximum absolute atomic E-state index is 14.1. The Morgan fingerprint density at radius 1 is 1.07 bits per heavy atom. The topological polar surface area (TPSA) is 65.5 Å². The second-order valence-electron chi connectivity index (χ2n) is 7.24. The quantitative estimate of drug-likeness (QED) is 0.392. The minimum Gasteiger partial charge on any atom is -0.356 e. The van der Waals surface area contributed by atoms with Gasteiger partial charge in [0.15, 0.2) is 5.96 Å². The Labute approximate surface area is 165 Å². The Kier molecular flexibility index (Phi) is 6.29. The van der Waals surface area contributed by atoms with Crippen LogP contribution in [0, 0.1) is 12.7 Å². The zero-order valence-electron chi connectivity index (χ0n) is 16.4. The molecule has 1 fully saturated rings. The highest BCUT2D eigenvalue weighted by Crippen LogP contribution is 2.48.